The predicted molar refractivity (Wildman–Crippen MR) is 136 cm³/mol. The Bertz CT molecular complexity index is 1690. The Balaban J connectivity index is 1.67. The summed E-state index contributed by atoms with van der Waals surface area (Å²) in [7, 11) is 1.54. The largest absolute Gasteiger partial charge is 0.481 e. The van der Waals surface area contributed by atoms with Crippen LogP contribution < -0.4 is 16.0 Å². The highest BCUT2D eigenvalue weighted by atomic mass is 79.9. The zero-order chi connectivity index (χ0) is 24.3. The lowest BCUT2D eigenvalue weighted by Crippen LogP contribution is -2.18. The normalized spacial score (nSPS) is 16.4. The third kappa shape index (κ3) is 3.47. The molecule has 1 atom stereocenters. The van der Waals surface area contributed by atoms with Gasteiger partial charge in [0, 0.05) is 45.1 Å². The van der Waals surface area contributed by atoms with Crippen molar-refractivity contribution in [3.05, 3.63) is 57.2 Å². The van der Waals surface area contributed by atoms with E-state index in [1.165, 1.54) is 6.07 Å². The molecule has 0 bridgehead atoms. The van der Waals surface area contributed by atoms with Crippen molar-refractivity contribution >= 4 is 54.3 Å². The molecule has 8 nitrogen and oxygen atoms in total. The second-order valence-electron chi connectivity index (χ2n) is 8.56. The van der Waals surface area contributed by atoms with Crippen molar-refractivity contribution in [2.75, 3.05) is 19.5 Å². The molecule has 1 fully saturated rings. The SMILES string of the molecule is COc1ccc2c(n1)c(Br)cc1c(-c3ccc(F)c4nn(C5CCCCO5)cc34)c(N)c(=O)[nH]c12. The van der Waals surface area contributed by atoms with Gasteiger partial charge in [-0.25, -0.2) is 14.1 Å². The van der Waals surface area contributed by atoms with Crippen LogP contribution in [0.4, 0.5) is 10.1 Å². The summed E-state index contributed by atoms with van der Waals surface area (Å²) in [5, 5.41) is 6.47. The quantitative estimate of drug-likeness (QED) is 0.303. The van der Waals surface area contributed by atoms with E-state index in [0.717, 1.165) is 24.6 Å². The Kier molecular flexibility index (Phi) is 5.23. The van der Waals surface area contributed by atoms with Crippen LogP contribution in [0.3, 0.4) is 0 Å². The molecule has 0 aliphatic carbocycles. The summed E-state index contributed by atoms with van der Waals surface area (Å²) >= 11 is 3.60. The second kappa shape index (κ2) is 8.31. The maximum Gasteiger partial charge on any atom is 0.272 e. The number of anilines is 1. The van der Waals surface area contributed by atoms with Crippen LogP contribution in [0.5, 0.6) is 5.88 Å². The molecule has 0 spiro atoms. The number of ether oxygens (including phenoxy) is 2. The van der Waals surface area contributed by atoms with Gasteiger partial charge in [-0.15, -0.1) is 0 Å². The molecule has 6 rings (SSSR count). The number of H-pyrrole nitrogens is 1. The summed E-state index contributed by atoms with van der Waals surface area (Å²) in [6.45, 7) is 0.641. The van der Waals surface area contributed by atoms with Crippen molar-refractivity contribution < 1.29 is 13.9 Å². The van der Waals surface area contributed by atoms with E-state index < -0.39 is 11.4 Å². The minimum Gasteiger partial charge on any atom is -0.481 e. The van der Waals surface area contributed by atoms with Crippen molar-refractivity contribution in [2.45, 2.75) is 25.5 Å². The number of hydrogen-bond donors (Lipinski definition) is 2. The molecule has 10 heteroatoms. The van der Waals surface area contributed by atoms with Gasteiger partial charge in [-0.1, -0.05) is 6.07 Å². The number of hydrogen-bond acceptors (Lipinski definition) is 6. The molecule has 4 heterocycles. The number of benzene rings is 2. The zero-order valence-electron chi connectivity index (χ0n) is 18.8. The summed E-state index contributed by atoms with van der Waals surface area (Å²) in [4.78, 5) is 20.4. The van der Waals surface area contributed by atoms with Crippen LogP contribution in [0.15, 0.2) is 45.8 Å². The summed E-state index contributed by atoms with van der Waals surface area (Å²) < 4.78 is 28.3. The number of fused-ring (bicyclic) bond motifs is 4. The van der Waals surface area contributed by atoms with E-state index in [1.54, 1.807) is 30.1 Å². The lowest BCUT2D eigenvalue weighted by atomic mass is 9.95. The minimum absolute atomic E-state index is 0.0415. The monoisotopic (exact) mass is 537 g/mol. The van der Waals surface area contributed by atoms with Gasteiger partial charge in [0.1, 0.15) is 17.4 Å². The summed E-state index contributed by atoms with van der Waals surface area (Å²) in [5.41, 5.74) is 8.50. The standard InChI is InChI=1S/C25H21BrFN5O3/c1-34-18-8-6-13-22-14(10-16(26)23(13)29-18)20(21(28)25(33)30-22)12-5-7-17(27)24-15(12)11-32(31-24)19-4-2-3-9-35-19/h5-8,10-11,19H,2-4,9,28H2,1H3,(H,30,33). The fourth-order valence-electron chi connectivity index (χ4n) is 4.80. The van der Waals surface area contributed by atoms with Gasteiger partial charge in [0.15, 0.2) is 5.82 Å². The topological polar surface area (TPSA) is 108 Å². The molecule has 1 unspecified atom stereocenters. The first-order chi connectivity index (χ1) is 17.0. The number of nitrogens with one attached hydrogen (secondary N) is 1. The van der Waals surface area contributed by atoms with E-state index in [4.69, 9.17) is 15.2 Å². The van der Waals surface area contributed by atoms with E-state index in [-0.39, 0.29) is 17.4 Å². The molecule has 5 aromatic rings. The Morgan fingerprint density at radius 3 is 2.83 bits per heavy atom. The molecule has 3 aromatic heterocycles. The Morgan fingerprint density at radius 1 is 1.20 bits per heavy atom. The molecule has 0 radical (unpaired) electrons. The van der Waals surface area contributed by atoms with Gasteiger partial charge in [-0.05, 0) is 59.0 Å². The van der Waals surface area contributed by atoms with Crippen LogP contribution in [0.2, 0.25) is 0 Å². The maximum absolute atomic E-state index is 14.9. The average molecular weight is 538 g/mol. The Labute approximate surface area is 207 Å². The fourth-order valence-corrected chi connectivity index (χ4v) is 5.33. The van der Waals surface area contributed by atoms with Gasteiger partial charge < -0.3 is 20.2 Å². The smallest absolute Gasteiger partial charge is 0.272 e. The Morgan fingerprint density at radius 2 is 2.06 bits per heavy atom. The number of methoxy groups -OCH3 is 1. The highest BCUT2D eigenvalue weighted by Gasteiger charge is 2.23. The summed E-state index contributed by atoms with van der Waals surface area (Å²) in [6.07, 6.45) is 4.34. The van der Waals surface area contributed by atoms with E-state index in [2.05, 4.69) is 31.0 Å². The minimum atomic E-state index is -0.450. The lowest BCUT2D eigenvalue weighted by Gasteiger charge is -2.22. The zero-order valence-corrected chi connectivity index (χ0v) is 20.4. The molecule has 1 aliphatic rings. The maximum atomic E-state index is 14.9. The fraction of sp³-hybridized carbons (Fsp3) is 0.240. The molecule has 35 heavy (non-hydrogen) atoms. The highest BCUT2D eigenvalue weighted by Crippen LogP contribution is 2.41. The first-order valence-electron chi connectivity index (χ1n) is 11.2. The third-order valence-corrected chi connectivity index (χ3v) is 7.11. The second-order valence-corrected chi connectivity index (χ2v) is 9.42. The molecule has 2 aromatic carbocycles. The van der Waals surface area contributed by atoms with E-state index in [0.29, 0.717) is 49.9 Å². The van der Waals surface area contributed by atoms with E-state index in [1.807, 2.05) is 12.1 Å². The molecule has 3 N–H and O–H groups in total. The molecule has 0 amide bonds. The van der Waals surface area contributed by atoms with Gasteiger partial charge in [-0.3, -0.25) is 4.79 Å². The van der Waals surface area contributed by atoms with Gasteiger partial charge in [0.2, 0.25) is 5.88 Å². The van der Waals surface area contributed by atoms with Gasteiger partial charge in [0.05, 0.1) is 18.1 Å². The third-order valence-electron chi connectivity index (χ3n) is 6.50. The van der Waals surface area contributed by atoms with Gasteiger partial charge >= 0.3 is 0 Å². The number of nitrogens with zero attached hydrogens (tertiary/aromatic N) is 3. The number of aromatic nitrogens is 4. The molecular weight excluding hydrogens is 517 g/mol. The number of nitrogen functional groups attached to an aromatic ring is 1. The van der Waals surface area contributed by atoms with Gasteiger partial charge in [-0.2, -0.15) is 5.10 Å². The van der Waals surface area contributed by atoms with Crippen molar-refractivity contribution in [3.8, 4) is 17.0 Å². The number of halogens is 2. The van der Waals surface area contributed by atoms with Crippen LogP contribution in [0.25, 0.3) is 43.8 Å². The molecule has 1 aliphatic heterocycles. The number of aromatic amines is 1. The molecule has 0 saturated carbocycles. The predicted octanol–water partition coefficient (Wildman–Crippen LogP) is 5.28. The van der Waals surface area contributed by atoms with Crippen molar-refractivity contribution in [3.63, 3.8) is 0 Å². The van der Waals surface area contributed by atoms with Crippen LogP contribution in [0.1, 0.15) is 25.5 Å². The van der Waals surface area contributed by atoms with Crippen LogP contribution in [0, 0.1) is 5.82 Å². The van der Waals surface area contributed by atoms with Crippen LogP contribution >= 0.6 is 15.9 Å². The van der Waals surface area contributed by atoms with E-state index >= 15 is 0 Å². The van der Waals surface area contributed by atoms with Crippen molar-refractivity contribution in [1.29, 1.82) is 0 Å². The summed E-state index contributed by atoms with van der Waals surface area (Å²) in [6, 6.07) is 8.41. The van der Waals surface area contributed by atoms with Crippen LogP contribution in [-0.4, -0.2) is 33.5 Å². The van der Waals surface area contributed by atoms with Gasteiger partial charge in [0.25, 0.3) is 5.56 Å². The summed E-state index contributed by atoms with van der Waals surface area (Å²) in [5.74, 6) is 0.00195. The van der Waals surface area contributed by atoms with Crippen molar-refractivity contribution in [1.82, 2.24) is 19.7 Å². The van der Waals surface area contributed by atoms with E-state index in [9.17, 15) is 9.18 Å². The lowest BCUT2D eigenvalue weighted by molar-refractivity contribution is -0.0391. The number of pyridine rings is 2. The molecule has 178 valence electrons. The number of rotatable bonds is 3. The first-order valence-corrected chi connectivity index (χ1v) is 12.0. The molecule has 1 saturated heterocycles. The average Bonchev–Trinajstić information content (AvgIpc) is 3.33. The van der Waals surface area contributed by atoms with Crippen LogP contribution in [-0.2, 0) is 4.74 Å². The molecular formula is C25H21BrFN5O3. The number of nitrogens with two attached hydrogens (primary N) is 1. The Hall–Kier alpha value is -3.50. The van der Waals surface area contributed by atoms with Crippen molar-refractivity contribution in [2.24, 2.45) is 0 Å². The first kappa shape index (κ1) is 22.0. The highest BCUT2D eigenvalue weighted by molar-refractivity contribution is 9.10.